The first-order valence-electron chi connectivity index (χ1n) is 39.9. The Balaban J connectivity index is 0.000000102. The maximum absolute atomic E-state index is 6.41. The summed E-state index contributed by atoms with van der Waals surface area (Å²) in [5.74, 6) is 0. The van der Waals surface area contributed by atoms with E-state index in [9.17, 15) is 0 Å². The van der Waals surface area contributed by atoms with Gasteiger partial charge in [-0.3, -0.25) is 0 Å². The van der Waals surface area contributed by atoms with Crippen molar-refractivity contribution in [1.82, 2.24) is 13.7 Å². The third kappa shape index (κ3) is 10.1. The summed E-state index contributed by atoms with van der Waals surface area (Å²) >= 11 is 1.91. The molecule has 0 saturated carbocycles. The number of rotatable bonds is 6. The van der Waals surface area contributed by atoms with Crippen molar-refractivity contribution < 1.29 is 4.42 Å². The molecule has 4 nitrogen and oxygen atoms in total. The van der Waals surface area contributed by atoms with Gasteiger partial charge in [0.2, 0.25) is 0 Å². The van der Waals surface area contributed by atoms with Gasteiger partial charge in [-0.1, -0.05) is 322 Å². The van der Waals surface area contributed by atoms with E-state index in [1.165, 1.54) is 184 Å². The predicted molar refractivity (Wildman–Crippen MR) is 493 cm³/mol. The van der Waals surface area contributed by atoms with E-state index < -0.39 is 5.41 Å². The fourth-order valence-electron chi connectivity index (χ4n) is 19.6. The molecule has 20 aromatic carbocycles. The molecule has 0 N–H and O–H groups in total. The van der Waals surface area contributed by atoms with Gasteiger partial charge >= 0.3 is 0 Å². The minimum atomic E-state index is -0.488. The minimum absolute atomic E-state index is 0.488. The molecule has 0 bridgehead atoms. The Labute approximate surface area is 671 Å². The van der Waals surface area contributed by atoms with Gasteiger partial charge in [0, 0.05) is 86.1 Å². The Kier molecular flexibility index (Phi) is 14.8. The van der Waals surface area contributed by atoms with E-state index in [4.69, 9.17) is 4.42 Å². The molecule has 0 atom stereocenters. The molecule has 5 heteroatoms. The van der Waals surface area contributed by atoms with Gasteiger partial charge in [-0.05, 0) is 184 Å². The lowest BCUT2D eigenvalue weighted by Gasteiger charge is -2.34. The molecule has 0 aliphatic heterocycles. The Hall–Kier alpha value is -14.9. The van der Waals surface area contributed by atoms with E-state index in [2.05, 4.69) is 432 Å². The van der Waals surface area contributed by atoms with Gasteiger partial charge in [-0.25, -0.2) is 0 Å². The second-order valence-electron chi connectivity index (χ2n) is 30.9. The Morgan fingerprint density at radius 2 is 0.681 bits per heavy atom. The first kappa shape index (κ1) is 65.8. The molecule has 0 fully saturated rings. The molecule has 5 heterocycles. The summed E-state index contributed by atoms with van der Waals surface area (Å²) in [4.78, 5) is 0. The Morgan fingerprint density at radius 3 is 1.36 bits per heavy atom. The van der Waals surface area contributed by atoms with E-state index in [0.717, 1.165) is 38.8 Å². The highest BCUT2D eigenvalue weighted by Gasteiger charge is 2.47. The van der Waals surface area contributed by atoms with Crippen molar-refractivity contribution >= 4 is 173 Å². The van der Waals surface area contributed by atoms with Crippen molar-refractivity contribution in [3.8, 4) is 39.3 Å². The average molecular weight is 1490 g/mol. The topological polar surface area (TPSA) is 27.9 Å². The molecule has 0 spiro atoms. The molecule has 116 heavy (non-hydrogen) atoms. The van der Waals surface area contributed by atoms with E-state index in [-0.39, 0.29) is 0 Å². The first-order valence-corrected chi connectivity index (χ1v) is 40.7. The molecular formula is C111H69N3OS. The van der Waals surface area contributed by atoms with Crippen LogP contribution in [0.3, 0.4) is 0 Å². The molecule has 0 unspecified atom stereocenters. The van der Waals surface area contributed by atoms with Crippen LogP contribution in [0.5, 0.6) is 0 Å². The first-order chi connectivity index (χ1) is 57.5. The monoisotopic (exact) mass is 1490 g/mol. The van der Waals surface area contributed by atoms with Gasteiger partial charge in [-0.2, -0.15) is 0 Å². The van der Waals surface area contributed by atoms with Gasteiger partial charge in [0.1, 0.15) is 11.2 Å². The van der Waals surface area contributed by atoms with Crippen molar-refractivity contribution in [2.45, 2.75) is 5.41 Å². The summed E-state index contributed by atoms with van der Waals surface area (Å²) in [6, 6.07) is 153. The van der Waals surface area contributed by atoms with Crippen molar-refractivity contribution in [3.05, 3.63) is 441 Å². The van der Waals surface area contributed by atoms with Crippen LogP contribution in [0.4, 0.5) is 0 Å². The van der Waals surface area contributed by atoms with Crippen molar-refractivity contribution in [2.24, 2.45) is 0 Å². The highest BCUT2D eigenvalue weighted by Crippen LogP contribution is 2.59. The molecule has 5 aromatic heterocycles. The number of thiophene rings is 1. The van der Waals surface area contributed by atoms with Gasteiger partial charge in [0.25, 0.3) is 0 Å². The van der Waals surface area contributed by atoms with Gasteiger partial charge in [0.05, 0.1) is 44.2 Å². The number of hydrogen-bond donors (Lipinski definition) is 0. The van der Waals surface area contributed by atoms with E-state index in [0.29, 0.717) is 0 Å². The lowest BCUT2D eigenvalue weighted by atomic mass is 9.67. The Morgan fingerprint density at radius 1 is 0.224 bits per heavy atom. The zero-order valence-corrected chi connectivity index (χ0v) is 63.8. The Bertz CT molecular complexity index is 8300. The molecular weight excluding hydrogens is 1420 g/mol. The third-order valence-electron chi connectivity index (χ3n) is 24.7. The molecule has 0 radical (unpaired) electrons. The number of aromatic nitrogens is 3. The zero-order valence-electron chi connectivity index (χ0n) is 63.0. The minimum Gasteiger partial charge on any atom is -0.456 e. The highest BCUT2D eigenvalue weighted by atomic mass is 32.1. The van der Waals surface area contributed by atoms with E-state index in [1.807, 2.05) is 11.3 Å². The fraction of sp³-hybridized carbons (Fsp3) is 0.00901. The summed E-state index contributed by atoms with van der Waals surface area (Å²) in [5, 5.41) is 25.3. The number of furan rings is 1. The van der Waals surface area contributed by atoms with Crippen molar-refractivity contribution in [3.63, 3.8) is 0 Å². The molecule has 0 amide bonds. The summed E-state index contributed by atoms with van der Waals surface area (Å²) in [6.07, 6.45) is 0. The van der Waals surface area contributed by atoms with E-state index in [1.54, 1.807) is 0 Å². The quantitative estimate of drug-likeness (QED) is 0.163. The number of para-hydroxylation sites is 3. The third-order valence-corrected chi connectivity index (χ3v) is 25.9. The predicted octanol–water partition coefficient (Wildman–Crippen LogP) is 30.4. The van der Waals surface area contributed by atoms with Crippen LogP contribution in [0.25, 0.3) is 201 Å². The van der Waals surface area contributed by atoms with Crippen molar-refractivity contribution in [1.29, 1.82) is 0 Å². The number of hydrogen-bond acceptors (Lipinski definition) is 2. The summed E-state index contributed by atoms with van der Waals surface area (Å²) in [6.45, 7) is 0. The molecule has 25 aromatic rings. The number of nitrogens with zero attached hydrogens (tertiary/aromatic N) is 3. The molecule has 1 aliphatic rings. The normalized spacial score (nSPS) is 12.6. The van der Waals surface area contributed by atoms with Gasteiger partial charge in [-0.15, -0.1) is 11.3 Å². The van der Waals surface area contributed by atoms with Crippen LogP contribution < -0.4 is 0 Å². The number of benzene rings is 20. The zero-order chi connectivity index (χ0) is 76.1. The lowest BCUT2D eigenvalue weighted by molar-refractivity contribution is 0.670. The summed E-state index contributed by atoms with van der Waals surface area (Å²) in [5.41, 5.74) is 22.5. The van der Waals surface area contributed by atoms with Crippen LogP contribution in [-0.2, 0) is 5.41 Å². The molecule has 1 aliphatic carbocycles. The molecule has 540 valence electrons. The van der Waals surface area contributed by atoms with Gasteiger partial charge in [0.15, 0.2) is 0 Å². The fourth-order valence-corrected chi connectivity index (χ4v) is 20.8. The van der Waals surface area contributed by atoms with Crippen LogP contribution >= 0.6 is 11.3 Å². The summed E-state index contributed by atoms with van der Waals surface area (Å²) in [7, 11) is 0. The second kappa shape index (κ2) is 26.1. The maximum Gasteiger partial charge on any atom is 0.137 e. The van der Waals surface area contributed by atoms with Crippen LogP contribution in [0, 0.1) is 0 Å². The van der Waals surface area contributed by atoms with E-state index >= 15 is 0 Å². The van der Waals surface area contributed by atoms with Crippen molar-refractivity contribution in [2.75, 3.05) is 0 Å². The van der Waals surface area contributed by atoms with Crippen LogP contribution in [0.1, 0.15) is 22.3 Å². The number of fused-ring (bicyclic) bond motifs is 25. The largest absolute Gasteiger partial charge is 0.456 e. The molecule has 0 saturated heterocycles. The van der Waals surface area contributed by atoms with Crippen LogP contribution in [-0.4, -0.2) is 13.7 Å². The van der Waals surface area contributed by atoms with Gasteiger partial charge < -0.3 is 18.1 Å². The van der Waals surface area contributed by atoms with Crippen LogP contribution in [0.15, 0.2) is 423 Å². The molecule has 26 rings (SSSR count). The summed E-state index contributed by atoms with van der Waals surface area (Å²) < 4.78 is 16.4. The SMILES string of the molecule is c1ccc(-c2cccc(-n3c4ccccc4c4cc5c(cc43)C(c3ccccc3)(c3ccccc3)c3ccc4ccccc4c3-5)c2)cc1.c1ccc2c(-n3c4ccccc4c4cc5c(cc43)sc3c4ccccc4ccc53)cccc2c1.c1ccc2cc(-n3c4ccccc4c4cc5c(cc43)oc3cc4ccccc4cc35)ccc2c1. The second-order valence-corrected chi connectivity index (χ2v) is 32.0. The average Bonchev–Trinajstić information content (AvgIpc) is 1.51. The van der Waals surface area contributed by atoms with Crippen LogP contribution in [0.2, 0.25) is 0 Å². The highest BCUT2D eigenvalue weighted by molar-refractivity contribution is 7.26. The lowest BCUT2D eigenvalue weighted by Crippen LogP contribution is -2.28. The maximum atomic E-state index is 6.41. The smallest absolute Gasteiger partial charge is 0.137 e. The standard InChI is InChI=1S/C47H31N.C32H19NO.C32H19NS/c1-4-15-32(16-5-1)34-18-14-23-37(29-34)48-44-26-13-12-25-39(44)40-30-41-43(31-45(40)48)47(35-19-6-2-7-20-35,36-21-8-3-9-22-36)42-28-27-33-17-10-11-24-38(33)46(41)42;1-2-8-21-15-24(14-13-20(21)7-1)33-29-12-6-5-11-25(29)26-18-28-27-16-22-9-3-4-10-23(22)17-31(27)34-32(28)19-30(26)33;1-3-11-22-20(8-1)10-7-15-28(22)33-29-14-6-5-13-24(29)26-18-27-25-17-16-21-9-2-4-12-23(21)32(25)34-31(27)19-30(26)33/h1-31H;2*1-19H.